The molecule has 0 unspecified atom stereocenters. The zero-order chi connectivity index (χ0) is 17.3. The molecule has 0 aliphatic heterocycles. The molecule has 3 nitrogen and oxygen atoms in total. The van der Waals surface area contributed by atoms with Crippen molar-refractivity contribution in [3.05, 3.63) is 0 Å². The van der Waals surface area contributed by atoms with Gasteiger partial charge >= 0.3 is 0 Å². The van der Waals surface area contributed by atoms with Crippen LogP contribution in [0.2, 0.25) is 0 Å². The van der Waals surface area contributed by atoms with Gasteiger partial charge in [-0.1, -0.05) is 13.8 Å². The van der Waals surface area contributed by atoms with Crippen LogP contribution < -0.4 is 0 Å². The minimum atomic E-state index is -0.278. The third-order valence-corrected chi connectivity index (χ3v) is 9.06. The van der Waals surface area contributed by atoms with Crippen molar-refractivity contribution in [2.45, 2.75) is 84.3 Å². The molecule has 4 fully saturated rings. The zero-order valence-corrected chi connectivity index (χ0v) is 15.5. The molecule has 136 valence electrons. The number of hydrogen-bond acceptors (Lipinski definition) is 3. The molecule has 0 saturated heterocycles. The standard InChI is InChI=1S/C21H34O3/c1-12(22)16-6-7-17-15-5-4-13-10-14(23)8-9-20(13,2)19(15)18(24)11-21(16,17)3/h13-19,23-24H,4-11H2,1-3H3/t13-,14-,15+,16-,17+,18+,19-,20-,21+/m0/s1. The van der Waals surface area contributed by atoms with Gasteiger partial charge < -0.3 is 10.2 Å². The highest BCUT2D eigenvalue weighted by Crippen LogP contribution is 2.67. The van der Waals surface area contributed by atoms with E-state index in [4.69, 9.17) is 0 Å². The van der Waals surface area contributed by atoms with E-state index in [1.54, 1.807) is 6.92 Å². The molecule has 9 atom stereocenters. The Balaban J connectivity index is 1.67. The number of fused-ring (bicyclic) bond motifs is 5. The first-order chi connectivity index (χ1) is 11.3. The first-order valence-electron chi connectivity index (χ1n) is 10.1. The van der Waals surface area contributed by atoms with Gasteiger partial charge in [0, 0.05) is 5.92 Å². The van der Waals surface area contributed by atoms with Gasteiger partial charge in [-0.15, -0.1) is 0 Å². The molecule has 2 N–H and O–H groups in total. The maximum Gasteiger partial charge on any atom is 0.133 e. The number of hydrogen-bond donors (Lipinski definition) is 2. The van der Waals surface area contributed by atoms with Crippen LogP contribution in [-0.2, 0) is 4.79 Å². The van der Waals surface area contributed by atoms with Crippen molar-refractivity contribution in [1.82, 2.24) is 0 Å². The Bertz CT molecular complexity index is 531. The summed E-state index contributed by atoms with van der Waals surface area (Å²) in [6.07, 6.45) is 7.80. The van der Waals surface area contributed by atoms with Gasteiger partial charge in [-0.2, -0.15) is 0 Å². The lowest BCUT2D eigenvalue weighted by Gasteiger charge is -2.62. The number of aliphatic hydroxyl groups excluding tert-OH is 2. The van der Waals surface area contributed by atoms with E-state index in [9.17, 15) is 15.0 Å². The van der Waals surface area contributed by atoms with Crippen LogP contribution in [0.15, 0.2) is 0 Å². The molecule has 0 radical (unpaired) electrons. The first kappa shape index (κ1) is 17.0. The Morgan fingerprint density at radius 1 is 1.00 bits per heavy atom. The van der Waals surface area contributed by atoms with Gasteiger partial charge in [-0.3, -0.25) is 4.79 Å². The molecule has 0 spiro atoms. The molecule has 0 heterocycles. The van der Waals surface area contributed by atoms with E-state index in [2.05, 4.69) is 13.8 Å². The summed E-state index contributed by atoms with van der Waals surface area (Å²) in [6, 6.07) is 0. The first-order valence-corrected chi connectivity index (χ1v) is 10.1. The average molecular weight is 335 g/mol. The highest BCUT2D eigenvalue weighted by atomic mass is 16.3. The Hall–Kier alpha value is -0.410. The molecule has 0 bridgehead atoms. The largest absolute Gasteiger partial charge is 0.393 e. The summed E-state index contributed by atoms with van der Waals surface area (Å²) in [5.74, 6) is 2.58. The van der Waals surface area contributed by atoms with Gasteiger partial charge in [0.05, 0.1) is 12.2 Å². The van der Waals surface area contributed by atoms with Crippen LogP contribution in [0.25, 0.3) is 0 Å². The summed E-state index contributed by atoms with van der Waals surface area (Å²) in [5.41, 5.74) is 0.182. The Morgan fingerprint density at radius 3 is 2.46 bits per heavy atom. The normalized spacial score (nSPS) is 57.0. The second-order valence-electron chi connectivity index (χ2n) is 10.0. The van der Waals surface area contributed by atoms with E-state index in [-0.39, 0.29) is 29.0 Å². The van der Waals surface area contributed by atoms with Crippen molar-refractivity contribution in [3.63, 3.8) is 0 Å². The van der Waals surface area contributed by atoms with Crippen molar-refractivity contribution < 1.29 is 15.0 Å². The lowest BCUT2D eigenvalue weighted by Crippen LogP contribution is -2.59. The number of rotatable bonds is 1. The number of Topliss-reactive ketones (excluding diaryl/α,β-unsaturated/α-hetero) is 1. The maximum atomic E-state index is 12.2. The summed E-state index contributed by atoms with van der Waals surface area (Å²) >= 11 is 0. The van der Waals surface area contributed by atoms with Crippen LogP contribution in [0.4, 0.5) is 0 Å². The van der Waals surface area contributed by atoms with Crippen molar-refractivity contribution in [2.75, 3.05) is 0 Å². The highest BCUT2D eigenvalue weighted by molar-refractivity contribution is 5.79. The monoisotopic (exact) mass is 334 g/mol. The van der Waals surface area contributed by atoms with Crippen molar-refractivity contribution in [3.8, 4) is 0 Å². The Morgan fingerprint density at radius 2 is 1.75 bits per heavy atom. The molecule has 24 heavy (non-hydrogen) atoms. The topological polar surface area (TPSA) is 57.5 Å². The molecule has 0 aromatic rings. The second-order valence-corrected chi connectivity index (χ2v) is 10.0. The fourth-order valence-electron chi connectivity index (χ4n) is 8.03. The van der Waals surface area contributed by atoms with E-state index < -0.39 is 0 Å². The molecular weight excluding hydrogens is 300 g/mol. The minimum absolute atomic E-state index is 0.00376. The van der Waals surface area contributed by atoms with Crippen molar-refractivity contribution in [1.29, 1.82) is 0 Å². The lowest BCUT2D eigenvalue weighted by molar-refractivity contribution is -0.178. The molecule has 4 rings (SSSR count). The van der Waals surface area contributed by atoms with Crippen LogP contribution in [0.3, 0.4) is 0 Å². The highest BCUT2D eigenvalue weighted by Gasteiger charge is 2.63. The molecule has 4 aliphatic rings. The van der Waals surface area contributed by atoms with Crippen LogP contribution in [0.5, 0.6) is 0 Å². The third-order valence-electron chi connectivity index (χ3n) is 9.06. The average Bonchev–Trinajstić information content (AvgIpc) is 2.84. The smallest absolute Gasteiger partial charge is 0.133 e. The maximum absolute atomic E-state index is 12.2. The van der Waals surface area contributed by atoms with Crippen molar-refractivity contribution in [2.24, 2.45) is 40.4 Å². The molecule has 0 aromatic heterocycles. The van der Waals surface area contributed by atoms with E-state index in [0.29, 0.717) is 29.5 Å². The van der Waals surface area contributed by atoms with Gasteiger partial charge in [-0.25, -0.2) is 0 Å². The Kier molecular flexibility index (Phi) is 3.93. The summed E-state index contributed by atoms with van der Waals surface area (Å²) in [6.45, 7) is 6.43. The van der Waals surface area contributed by atoms with E-state index in [1.807, 2.05) is 0 Å². The van der Waals surface area contributed by atoms with Gasteiger partial charge in [0.25, 0.3) is 0 Å². The number of carbonyl (C=O) groups is 1. The summed E-state index contributed by atoms with van der Waals surface area (Å²) in [4.78, 5) is 12.2. The van der Waals surface area contributed by atoms with Crippen LogP contribution >= 0.6 is 0 Å². The predicted molar refractivity (Wildman–Crippen MR) is 93.3 cm³/mol. The quantitative estimate of drug-likeness (QED) is 0.771. The number of carbonyl (C=O) groups excluding carboxylic acids is 1. The molecule has 4 saturated carbocycles. The van der Waals surface area contributed by atoms with E-state index in [1.165, 1.54) is 12.8 Å². The third kappa shape index (κ3) is 2.19. The summed E-state index contributed by atoms with van der Waals surface area (Å²) in [7, 11) is 0. The molecule has 4 aliphatic carbocycles. The van der Waals surface area contributed by atoms with Crippen LogP contribution in [0.1, 0.15) is 72.1 Å². The van der Waals surface area contributed by atoms with Crippen LogP contribution in [0, 0.1) is 40.4 Å². The number of aliphatic hydroxyl groups is 2. The van der Waals surface area contributed by atoms with Gasteiger partial charge in [-0.05, 0) is 92.8 Å². The van der Waals surface area contributed by atoms with E-state index in [0.717, 1.165) is 38.5 Å². The fourth-order valence-corrected chi connectivity index (χ4v) is 8.03. The van der Waals surface area contributed by atoms with Gasteiger partial charge in [0.1, 0.15) is 5.78 Å². The SMILES string of the molecule is CC(=O)[C@@H]1CC[C@@H]2[C@H]3CC[C@H]4C[C@@H](O)CC[C@]4(C)[C@@H]3[C@H](O)C[C@@]21C. The molecule has 0 aromatic carbocycles. The summed E-state index contributed by atoms with van der Waals surface area (Å²) < 4.78 is 0. The fraction of sp³-hybridized carbons (Fsp3) is 0.952. The summed E-state index contributed by atoms with van der Waals surface area (Å²) in [5, 5.41) is 21.3. The van der Waals surface area contributed by atoms with Gasteiger partial charge in [0.15, 0.2) is 0 Å². The zero-order valence-electron chi connectivity index (χ0n) is 15.5. The van der Waals surface area contributed by atoms with Gasteiger partial charge in [0.2, 0.25) is 0 Å². The number of ketones is 1. The molecule has 3 heteroatoms. The molecule has 0 amide bonds. The predicted octanol–water partition coefficient (Wildman–Crippen LogP) is 3.57. The lowest BCUT2D eigenvalue weighted by atomic mass is 9.44. The van der Waals surface area contributed by atoms with E-state index >= 15 is 0 Å². The minimum Gasteiger partial charge on any atom is -0.393 e. The Labute approximate surface area is 146 Å². The second kappa shape index (κ2) is 5.54. The van der Waals surface area contributed by atoms with Crippen molar-refractivity contribution >= 4 is 5.78 Å². The molecular formula is C21H34O3. The van der Waals surface area contributed by atoms with Crippen LogP contribution in [-0.4, -0.2) is 28.2 Å².